The quantitative estimate of drug-likeness (QED) is 0.168. The highest BCUT2D eigenvalue weighted by atomic mass is 19.1. The molecule has 0 aliphatic heterocycles. The molecule has 2 aromatic carbocycles. The molecule has 0 radical (unpaired) electrons. The van der Waals surface area contributed by atoms with Crippen LogP contribution in [0, 0.1) is 5.82 Å². The van der Waals surface area contributed by atoms with E-state index in [2.05, 4.69) is 38.0 Å². The van der Waals surface area contributed by atoms with Crippen LogP contribution in [0.5, 0.6) is 0 Å². The summed E-state index contributed by atoms with van der Waals surface area (Å²) in [6.45, 7) is 4.65. The number of hydrogen-bond donors (Lipinski definition) is 2. The molecule has 0 bridgehead atoms. The van der Waals surface area contributed by atoms with E-state index in [0.29, 0.717) is 30.8 Å². The van der Waals surface area contributed by atoms with Crippen LogP contribution in [0.2, 0.25) is 0 Å². The third-order valence-electron chi connectivity index (χ3n) is 7.20. The average molecular weight is 611 g/mol. The Balaban J connectivity index is 1.33. The number of H-pyrrole nitrogens is 1. The van der Waals surface area contributed by atoms with E-state index < -0.39 is 23.7 Å². The van der Waals surface area contributed by atoms with Crippen LogP contribution in [0.4, 0.5) is 4.39 Å². The second-order valence-electron chi connectivity index (χ2n) is 10.7. The molecule has 3 heterocycles. The minimum atomic E-state index is -0.675. The van der Waals surface area contributed by atoms with Crippen LogP contribution in [0.1, 0.15) is 60.4 Å². The number of tetrazole rings is 1. The van der Waals surface area contributed by atoms with Gasteiger partial charge < -0.3 is 10.1 Å². The summed E-state index contributed by atoms with van der Waals surface area (Å²) in [4.78, 5) is 30.6. The molecule has 0 aliphatic rings. The number of halogens is 1. The predicted octanol–water partition coefficient (Wildman–Crippen LogP) is 4.95. The zero-order valence-electron chi connectivity index (χ0n) is 25.2. The van der Waals surface area contributed by atoms with Gasteiger partial charge in [0.05, 0.1) is 25.3 Å². The van der Waals surface area contributed by atoms with Gasteiger partial charge in [-0.25, -0.2) is 9.49 Å². The number of aryl methyl sites for hydroxylation is 1. The SMILES string of the molecule is CCCOC(=O)C[C@@H](Cc1ccccc1F)NC(=O)c1cc(CCC)n(Cc2ccc(-c3ccccc3-c3nnn[nH]3)nc2)n1. The smallest absolute Gasteiger partial charge is 0.307 e. The number of carbonyl (C=O) groups excluding carboxylic acids is 2. The number of nitrogens with one attached hydrogen (secondary N) is 2. The summed E-state index contributed by atoms with van der Waals surface area (Å²) in [5.41, 5.74) is 4.90. The second-order valence-corrected chi connectivity index (χ2v) is 10.7. The Bertz CT molecular complexity index is 1720. The molecule has 0 aliphatic carbocycles. The van der Waals surface area contributed by atoms with Crippen molar-refractivity contribution in [2.45, 2.75) is 58.5 Å². The molecule has 3 aromatic heterocycles. The summed E-state index contributed by atoms with van der Waals surface area (Å²) in [7, 11) is 0. The van der Waals surface area contributed by atoms with E-state index in [0.717, 1.165) is 34.5 Å². The number of carbonyl (C=O) groups is 2. The number of amides is 1. The molecule has 2 N–H and O–H groups in total. The molecule has 45 heavy (non-hydrogen) atoms. The highest BCUT2D eigenvalue weighted by Gasteiger charge is 2.23. The van der Waals surface area contributed by atoms with Crippen LogP contribution in [0.25, 0.3) is 22.6 Å². The van der Waals surface area contributed by atoms with Gasteiger partial charge in [0.1, 0.15) is 11.5 Å². The van der Waals surface area contributed by atoms with Gasteiger partial charge in [0.25, 0.3) is 5.91 Å². The molecular formula is C33H35FN8O3. The maximum atomic E-state index is 14.4. The number of aromatic amines is 1. The fourth-order valence-electron chi connectivity index (χ4n) is 5.04. The van der Waals surface area contributed by atoms with Crippen molar-refractivity contribution in [2.75, 3.05) is 6.61 Å². The van der Waals surface area contributed by atoms with Crippen molar-refractivity contribution in [1.29, 1.82) is 0 Å². The number of ether oxygens (including phenoxy) is 1. The lowest BCUT2D eigenvalue weighted by Crippen LogP contribution is -2.39. The van der Waals surface area contributed by atoms with Crippen molar-refractivity contribution in [1.82, 2.24) is 40.7 Å². The van der Waals surface area contributed by atoms with E-state index in [9.17, 15) is 14.0 Å². The summed E-state index contributed by atoms with van der Waals surface area (Å²) < 4.78 is 21.5. The van der Waals surface area contributed by atoms with E-state index >= 15 is 0 Å². The second kappa shape index (κ2) is 15.0. The van der Waals surface area contributed by atoms with E-state index in [1.54, 1.807) is 35.1 Å². The molecule has 1 atom stereocenters. The number of pyridine rings is 1. The number of esters is 1. The number of nitrogens with zero attached hydrogens (tertiary/aromatic N) is 6. The van der Waals surface area contributed by atoms with Crippen molar-refractivity contribution < 1.29 is 18.7 Å². The Hall–Kier alpha value is -5.26. The highest BCUT2D eigenvalue weighted by Crippen LogP contribution is 2.28. The lowest BCUT2D eigenvalue weighted by atomic mass is 10.0. The van der Waals surface area contributed by atoms with Crippen LogP contribution >= 0.6 is 0 Å². The predicted molar refractivity (Wildman–Crippen MR) is 165 cm³/mol. The third-order valence-corrected chi connectivity index (χ3v) is 7.20. The van der Waals surface area contributed by atoms with Crippen molar-refractivity contribution in [2.24, 2.45) is 0 Å². The summed E-state index contributed by atoms with van der Waals surface area (Å²) in [6, 6.07) is 19.0. The van der Waals surface area contributed by atoms with Gasteiger partial charge in [0.15, 0.2) is 5.82 Å². The molecule has 232 valence electrons. The van der Waals surface area contributed by atoms with Gasteiger partial charge in [0, 0.05) is 29.1 Å². The first-order valence-electron chi connectivity index (χ1n) is 15.0. The summed E-state index contributed by atoms with van der Waals surface area (Å²) in [5, 5.41) is 21.7. The maximum Gasteiger partial charge on any atom is 0.307 e. The highest BCUT2D eigenvalue weighted by molar-refractivity contribution is 5.93. The first-order chi connectivity index (χ1) is 21.9. The van der Waals surface area contributed by atoms with Crippen molar-refractivity contribution in [3.05, 3.63) is 101 Å². The topological polar surface area (TPSA) is 141 Å². The van der Waals surface area contributed by atoms with Gasteiger partial charge in [-0.3, -0.25) is 19.3 Å². The lowest BCUT2D eigenvalue weighted by molar-refractivity contribution is -0.144. The van der Waals surface area contributed by atoms with Crippen molar-refractivity contribution in [3.8, 4) is 22.6 Å². The van der Waals surface area contributed by atoms with Gasteiger partial charge in [0.2, 0.25) is 0 Å². The van der Waals surface area contributed by atoms with Gasteiger partial charge in [-0.15, -0.1) is 5.10 Å². The van der Waals surface area contributed by atoms with E-state index in [-0.39, 0.29) is 25.1 Å². The average Bonchev–Trinajstić information content (AvgIpc) is 3.73. The Morgan fingerprint density at radius 1 is 1.02 bits per heavy atom. The van der Waals surface area contributed by atoms with Crippen LogP contribution in [-0.2, 0) is 28.9 Å². The van der Waals surface area contributed by atoms with Gasteiger partial charge in [-0.2, -0.15) is 5.10 Å². The Labute approximate surface area is 260 Å². The Morgan fingerprint density at radius 2 is 1.82 bits per heavy atom. The van der Waals surface area contributed by atoms with E-state index in [1.165, 1.54) is 6.07 Å². The van der Waals surface area contributed by atoms with Crippen LogP contribution in [0.15, 0.2) is 72.9 Å². The lowest BCUT2D eigenvalue weighted by Gasteiger charge is -2.18. The third kappa shape index (κ3) is 8.02. The summed E-state index contributed by atoms with van der Waals surface area (Å²) in [5.74, 6) is -0.738. The monoisotopic (exact) mass is 610 g/mol. The minimum Gasteiger partial charge on any atom is -0.466 e. The van der Waals surface area contributed by atoms with Gasteiger partial charge in [-0.05, 0) is 59.0 Å². The maximum absolute atomic E-state index is 14.4. The van der Waals surface area contributed by atoms with Crippen molar-refractivity contribution >= 4 is 11.9 Å². The molecule has 5 rings (SSSR count). The molecule has 0 saturated carbocycles. The van der Waals surface area contributed by atoms with Crippen molar-refractivity contribution in [3.63, 3.8) is 0 Å². The molecule has 12 heteroatoms. The normalized spacial score (nSPS) is 11.7. The van der Waals surface area contributed by atoms with Gasteiger partial charge in [-0.1, -0.05) is 68.8 Å². The minimum absolute atomic E-state index is 0.0866. The largest absolute Gasteiger partial charge is 0.466 e. The Kier molecular flexibility index (Phi) is 10.4. The first-order valence-corrected chi connectivity index (χ1v) is 15.0. The molecule has 5 aromatic rings. The van der Waals surface area contributed by atoms with Crippen LogP contribution in [-0.4, -0.2) is 59.9 Å². The summed E-state index contributed by atoms with van der Waals surface area (Å²) in [6.07, 6.45) is 4.09. The summed E-state index contributed by atoms with van der Waals surface area (Å²) >= 11 is 0. The van der Waals surface area contributed by atoms with Crippen LogP contribution < -0.4 is 5.32 Å². The first kappa shape index (κ1) is 31.2. The van der Waals surface area contributed by atoms with E-state index in [1.807, 2.05) is 43.3 Å². The fraction of sp³-hybridized carbons (Fsp3) is 0.303. The molecule has 11 nitrogen and oxygen atoms in total. The molecule has 0 spiro atoms. The zero-order valence-corrected chi connectivity index (χ0v) is 25.2. The molecular weight excluding hydrogens is 575 g/mol. The molecule has 0 unspecified atom stereocenters. The Morgan fingerprint density at radius 3 is 2.53 bits per heavy atom. The molecule has 0 saturated heterocycles. The number of rotatable bonds is 14. The van der Waals surface area contributed by atoms with E-state index in [4.69, 9.17) is 9.72 Å². The zero-order chi connectivity index (χ0) is 31.6. The van der Waals surface area contributed by atoms with Gasteiger partial charge >= 0.3 is 5.97 Å². The molecule has 1 amide bonds. The van der Waals surface area contributed by atoms with Crippen LogP contribution in [0.3, 0.4) is 0 Å². The standard InChI is InChI=1S/C33H35FN8O3/c1-3-9-25-19-30(33(44)36-24(18-31(43)45-16-4-2)17-23-10-5-8-13-28(23)34)39-42(25)21-22-14-15-29(35-20-22)26-11-6-7-12-27(26)32-37-40-41-38-32/h5-8,10-15,19-20,24H,3-4,9,16-18,21H2,1-2H3,(H,36,44)(H,37,38,40,41)/t24-/m1/s1. The molecule has 0 fully saturated rings. The number of aromatic nitrogens is 7. The fourth-order valence-corrected chi connectivity index (χ4v) is 5.04. The number of benzene rings is 2. The number of hydrogen-bond acceptors (Lipinski definition) is 8.